The lowest BCUT2D eigenvalue weighted by atomic mass is 10.1. The number of halogens is 1. The first-order valence-electron chi connectivity index (χ1n) is 5.87. The molecule has 0 unspecified atom stereocenters. The lowest BCUT2D eigenvalue weighted by Gasteiger charge is -2.10. The summed E-state index contributed by atoms with van der Waals surface area (Å²) in [6.07, 6.45) is 2.51. The molecule has 17 heavy (non-hydrogen) atoms. The molecule has 0 aliphatic carbocycles. The summed E-state index contributed by atoms with van der Waals surface area (Å²) in [6, 6.07) is 7.46. The molecule has 3 nitrogen and oxygen atoms in total. The summed E-state index contributed by atoms with van der Waals surface area (Å²) in [5, 5.41) is 3.16. The van der Waals surface area contributed by atoms with E-state index >= 15 is 0 Å². The van der Waals surface area contributed by atoms with Crippen LogP contribution >= 0.6 is 15.9 Å². The van der Waals surface area contributed by atoms with E-state index in [0.717, 1.165) is 36.0 Å². The van der Waals surface area contributed by atoms with Gasteiger partial charge in [0.2, 0.25) is 0 Å². The molecule has 1 atom stereocenters. The van der Waals surface area contributed by atoms with E-state index in [1.165, 1.54) is 0 Å². The third-order valence-electron chi connectivity index (χ3n) is 2.83. The molecule has 1 saturated heterocycles. The highest BCUT2D eigenvalue weighted by molar-refractivity contribution is 9.10. The topological polar surface area (TPSA) is 38.3 Å². The molecule has 0 amide bonds. The van der Waals surface area contributed by atoms with Gasteiger partial charge >= 0.3 is 0 Å². The van der Waals surface area contributed by atoms with Gasteiger partial charge in [-0.1, -0.05) is 28.1 Å². The molecule has 1 aromatic rings. The molecule has 0 radical (unpaired) electrons. The third-order valence-corrected chi connectivity index (χ3v) is 3.32. The summed E-state index contributed by atoms with van der Waals surface area (Å²) in [7, 11) is 0. The first-order chi connectivity index (χ1) is 8.25. The van der Waals surface area contributed by atoms with Gasteiger partial charge in [-0.05, 0) is 25.0 Å². The van der Waals surface area contributed by atoms with Crippen LogP contribution in [0, 0.1) is 0 Å². The van der Waals surface area contributed by atoms with Gasteiger partial charge in [0.05, 0.1) is 12.6 Å². The fourth-order valence-corrected chi connectivity index (χ4v) is 2.32. The number of hydrogen-bond acceptors (Lipinski definition) is 3. The van der Waals surface area contributed by atoms with E-state index in [-0.39, 0.29) is 11.9 Å². The molecule has 92 valence electrons. The molecule has 1 aromatic carbocycles. The Morgan fingerprint density at radius 3 is 3.12 bits per heavy atom. The van der Waals surface area contributed by atoms with Crippen molar-refractivity contribution in [3.05, 3.63) is 34.3 Å². The summed E-state index contributed by atoms with van der Waals surface area (Å²) in [5.74, 6) is 0.115. The van der Waals surface area contributed by atoms with Crippen LogP contribution in [0.3, 0.4) is 0 Å². The maximum atomic E-state index is 11.8. The number of ketones is 1. The van der Waals surface area contributed by atoms with Crippen molar-refractivity contribution in [2.45, 2.75) is 18.9 Å². The SMILES string of the molecule is O=C(CNC[C@H]1CCCO1)c1cccc(Br)c1. The molecule has 4 heteroatoms. The molecule has 1 heterocycles. The van der Waals surface area contributed by atoms with Gasteiger partial charge in [0.25, 0.3) is 0 Å². The van der Waals surface area contributed by atoms with Gasteiger partial charge in [0.15, 0.2) is 5.78 Å². The Kier molecular flexibility index (Phi) is 4.71. The van der Waals surface area contributed by atoms with Crippen LogP contribution in [-0.2, 0) is 4.74 Å². The van der Waals surface area contributed by atoms with Crippen molar-refractivity contribution in [3.63, 3.8) is 0 Å². The number of carbonyl (C=O) groups excluding carboxylic acids is 1. The largest absolute Gasteiger partial charge is 0.377 e. The Balaban J connectivity index is 1.77. The average molecular weight is 298 g/mol. The molecule has 0 bridgehead atoms. The van der Waals surface area contributed by atoms with Crippen molar-refractivity contribution in [3.8, 4) is 0 Å². The molecular weight excluding hydrogens is 282 g/mol. The van der Waals surface area contributed by atoms with E-state index in [9.17, 15) is 4.79 Å². The zero-order valence-electron chi connectivity index (χ0n) is 9.62. The van der Waals surface area contributed by atoms with E-state index < -0.39 is 0 Å². The first-order valence-corrected chi connectivity index (χ1v) is 6.66. The maximum absolute atomic E-state index is 11.8. The second kappa shape index (κ2) is 6.28. The molecule has 0 aromatic heterocycles. The molecule has 0 spiro atoms. The Bertz CT molecular complexity index is 389. The van der Waals surface area contributed by atoms with E-state index in [2.05, 4.69) is 21.2 Å². The van der Waals surface area contributed by atoms with E-state index in [4.69, 9.17) is 4.74 Å². The molecule has 1 N–H and O–H groups in total. The Morgan fingerprint density at radius 1 is 1.53 bits per heavy atom. The fraction of sp³-hybridized carbons (Fsp3) is 0.462. The van der Waals surface area contributed by atoms with Crippen molar-refractivity contribution >= 4 is 21.7 Å². The minimum Gasteiger partial charge on any atom is -0.377 e. The van der Waals surface area contributed by atoms with Crippen LogP contribution in [0.5, 0.6) is 0 Å². The molecule has 1 aliphatic heterocycles. The van der Waals surface area contributed by atoms with Crippen molar-refractivity contribution in [1.29, 1.82) is 0 Å². The monoisotopic (exact) mass is 297 g/mol. The van der Waals surface area contributed by atoms with Crippen molar-refractivity contribution in [1.82, 2.24) is 5.32 Å². The van der Waals surface area contributed by atoms with Gasteiger partial charge in [-0.2, -0.15) is 0 Å². The summed E-state index contributed by atoms with van der Waals surface area (Å²) >= 11 is 3.36. The van der Waals surface area contributed by atoms with Crippen LogP contribution in [-0.4, -0.2) is 31.6 Å². The minimum atomic E-state index is 0.115. The maximum Gasteiger partial charge on any atom is 0.176 e. The van der Waals surface area contributed by atoms with Crippen LogP contribution < -0.4 is 5.32 Å². The van der Waals surface area contributed by atoms with E-state index in [1.807, 2.05) is 24.3 Å². The third kappa shape index (κ3) is 3.91. The van der Waals surface area contributed by atoms with Crippen LogP contribution in [0.4, 0.5) is 0 Å². The van der Waals surface area contributed by atoms with E-state index in [1.54, 1.807) is 0 Å². The number of ether oxygens (including phenoxy) is 1. The number of Topliss-reactive ketones (excluding diaryl/α,β-unsaturated/α-hetero) is 1. The second-order valence-electron chi connectivity index (χ2n) is 4.20. The number of benzene rings is 1. The lowest BCUT2D eigenvalue weighted by molar-refractivity contribution is 0.0955. The van der Waals surface area contributed by atoms with E-state index in [0.29, 0.717) is 6.54 Å². The van der Waals surface area contributed by atoms with Gasteiger partial charge in [-0.15, -0.1) is 0 Å². The van der Waals surface area contributed by atoms with Crippen LogP contribution in [0.25, 0.3) is 0 Å². The lowest BCUT2D eigenvalue weighted by Crippen LogP contribution is -2.30. The van der Waals surface area contributed by atoms with Gasteiger partial charge in [0, 0.05) is 23.2 Å². The number of carbonyl (C=O) groups is 1. The molecular formula is C13H16BrNO2. The number of hydrogen-bond donors (Lipinski definition) is 1. The Hall–Kier alpha value is -0.710. The Labute approximate surface area is 110 Å². The normalized spacial score (nSPS) is 19.5. The predicted octanol–water partition coefficient (Wildman–Crippen LogP) is 2.40. The van der Waals surface area contributed by atoms with Crippen LogP contribution in [0.15, 0.2) is 28.7 Å². The van der Waals surface area contributed by atoms with Gasteiger partial charge in [-0.3, -0.25) is 4.79 Å². The highest BCUT2D eigenvalue weighted by Gasteiger charge is 2.15. The quantitative estimate of drug-likeness (QED) is 0.848. The summed E-state index contributed by atoms with van der Waals surface area (Å²) in [6.45, 7) is 1.99. The smallest absolute Gasteiger partial charge is 0.176 e. The zero-order chi connectivity index (χ0) is 12.1. The second-order valence-corrected chi connectivity index (χ2v) is 5.12. The minimum absolute atomic E-state index is 0.115. The standard InChI is InChI=1S/C13H16BrNO2/c14-11-4-1-3-10(7-11)13(16)9-15-8-12-5-2-6-17-12/h1,3-4,7,12,15H,2,5-6,8-9H2/t12-/m1/s1. The van der Waals surface area contributed by atoms with Crippen molar-refractivity contribution in [2.24, 2.45) is 0 Å². The molecule has 0 saturated carbocycles. The van der Waals surface area contributed by atoms with Crippen LogP contribution in [0.1, 0.15) is 23.2 Å². The number of nitrogens with one attached hydrogen (secondary N) is 1. The van der Waals surface area contributed by atoms with Gasteiger partial charge in [0.1, 0.15) is 0 Å². The van der Waals surface area contributed by atoms with Gasteiger partial charge in [-0.25, -0.2) is 0 Å². The highest BCUT2D eigenvalue weighted by atomic mass is 79.9. The average Bonchev–Trinajstić information content (AvgIpc) is 2.82. The molecule has 1 aliphatic rings. The van der Waals surface area contributed by atoms with Crippen molar-refractivity contribution < 1.29 is 9.53 Å². The number of rotatable bonds is 5. The fourth-order valence-electron chi connectivity index (χ4n) is 1.92. The molecule has 1 fully saturated rings. The zero-order valence-corrected chi connectivity index (χ0v) is 11.2. The first kappa shape index (κ1) is 12.7. The summed E-state index contributed by atoms with van der Waals surface area (Å²) in [4.78, 5) is 11.8. The van der Waals surface area contributed by atoms with Crippen molar-refractivity contribution in [2.75, 3.05) is 19.7 Å². The summed E-state index contributed by atoms with van der Waals surface area (Å²) < 4.78 is 6.41. The predicted molar refractivity (Wildman–Crippen MR) is 70.3 cm³/mol. The van der Waals surface area contributed by atoms with Gasteiger partial charge < -0.3 is 10.1 Å². The Morgan fingerprint density at radius 2 is 2.41 bits per heavy atom. The molecule has 2 rings (SSSR count). The highest BCUT2D eigenvalue weighted by Crippen LogP contribution is 2.12. The summed E-state index contributed by atoms with van der Waals surface area (Å²) in [5.41, 5.74) is 0.735. The van der Waals surface area contributed by atoms with Crippen LogP contribution in [0.2, 0.25) is 0 Å².